The van der Waals surface area contributed by atoms with Crippen LogP contribution in [0.2, 0.25) is 0 Å². The van der Waals surface area contributed by atoms with E-state index in [1.54, 1.807) is 12.1 Å². The maximum Gasteiger partial charge on any atom is 0.335 e. The van der Waals surface area contributed by atoms with E-state index in [0.717, 1.165) is 29.9 Å². The van der Waals surface area contributed by atoms with Crippen molar-refractivity contribution in [2.24, 2.45) is 0 Å². The molecule has 2 heterocycles. The molecule has 0 aromatic heterocycles. The average Bonchev–Trinajstić information content (AvgIpc) is 3.16. The lowest BCUT2D eigenvalue weighted by molar-refractivity contribution is 0.0692. The minimum absolute atomic E-state index is 0.0710. The Morgan fingerprint density at radius 1 is 1.00 bits per heavy atom. The first kappa shape index (κ1) is 16.4. The van der Waals surface area contributed by atoms with Crippen LogP contribution in [0.25, 0.3) is 0 Å². The van der Waals surface area contributed by atoms with Gasteiger partial charge in [0.1, 0.15) is 13.2 Å². The molecule has 2 aromatic carbocycles. The maximum atomic E-state index is 13.0. The highest BCUT2D eigenvalue weighted by Gasteiger charge is 2.34. The summed E-state index contributed by atoms with van der Waals surface area (Å²) in [6.45, 7) is 1.69. The third kappa shape index (κ3) is 2.87. The highest BCUT2D eigenvalue weighted by atomic mass is 16.6. The van der Waals surface area contributed by atoms with Gasteiger partial charge in [-0.1, -0.05) is 12.1 Å². The topological polar surface area (TPSA) is 76.1 Å². The molecule has 0 aliphatic carbocycles. The molecule has 6 nitrogen and oxygen atoms in total. The van der Waals surface area contributed by atoms with E-state index < -0.39 is 5.97 Å². The van der Waals surface area contributed by atoms with E-state index in [-0.39, 0.29) is 17.5 Å². The predicted molar refractivity (Wildman–Crippen MR) is 93.8 cm³/mol. The first-order chi connectivity index (χ1) is 12.6. The fraction of sp³-hybridized carbons (Fsp3) is 0.300. The molecule has 0 saturated carbocycles. The monoisotopic (exact) mass is 353 g/mol. The minimum Gasteiger partial charge on any atom is -0.486 e. The average molecular weight is 353 g/mol. The first-order valence-electron chi connectivity index (χ1n) is 8.68. The van der Waals surface area contributed by atoms with Gasteiger partial charge in [0, 0.05) is 17.7 Å². The summed E-state index contributed by atoms with van der Waals surface area (Å²) < 4.78 is 11.5. The Morgan fingerprint density at radius 2 is 1.73 bits per heavy atom. The van der Waals surface area contributed by atoms with Gasteiger partial charge in [-0.3, -0.25) is 4.79 Å². The van der Waals surface area contributed by atoms with E-state index in [2.05, 4.69) is 0 Å². The summed E-state index contributed by atoms with van der Waals surface area (Å²) in [4.78, 5) is 25.8. The lowest BCUT2D eigenvalue weighted by atomic mass is 10.0. The highest BCUT2D eigenvalue weighted by Crippen LogP contribution is 2.43. The van der Waals surface area contributed by atoms with Gasteiger partial charge in [0.15, 0.2) is 11.5 Å². The van der Waals surface area contributed by atoms with Gasteiger partial charge in [0.2, 0.25) is 0 Å². The normalized spacial score (nSPS) is 18.6. The van der Waals surface area contributed by atoms with Crippen molar-refractivity contribution in [3.63, 3.8) is 0 Å². The molecule has 6 heteroatoms. The van der Waals surface area contributed by atoms with E-state index in [4.69, 9.17) is 14.6 Å². The number of aromatic carboxylic acids is 1. The lowest BCUT2D eigenvalue weighted by Crippen LogP contribution is -2.31. The number of rotatable bonds is 3. The van der Waals surface area contributed by atoms with Crippen LogP contribution in [-0.2, 0) is 0 Å². The van der Waals surface area contributed by atoms with E-state index in [9.17, 15) is 9.59 Å². The molecule has 0 radical (unpaired) electrons. The molecular formula is C20H19NO5. The summed E-state index contributed by atoms with van der Waals surface area (Å²) in [6, 6.07) is 11.8. The predicted octanol–water partition coefficient (Wildman–Crippen LogP) is 3.13. The SMILES string of the molecule is O=C(O)c1ccc(C(=O)N2CCCC2c2cccc3c2OCCO3)cc1. The maximum absolute atomic E-state index is 13.0. The van der Waals surface area contributed by atoms with Crippen LogP contribution in [0.15, 0.2) is 42.5 Å². The van der Waals surface area contributed by atoms with E-state index >= 15 is 0 Å². The third-order valence-electron chi connectivity index (χ3n) is 4.85. The molecule has 2 aromatic rings. The molecule has 2 aliphatic rings. The van der Waals surface area contributed by atoms with Gasteiger partial charge in [0.25, 0.3) is 5.91 Å². The molecule has 0 spiro atoms. The Morgan fingerprint density at radius 3 is 2.50 bits per heavy atom. The summed E-state index contributed by atoms with van der Waals surface area (Å²) in [5.74, 6) is 0.346. The third-order valence-corrected chi connectivity index (χ3v) is 4.85. The number of carbonyl (C=O) groups excluding carboxylic acids is 1. The van der Waals surface area contributed by atoms with E-state index in [1.165, 1.54) is 12.1 Å². The number of nitrogens with zero attached hydrogens (tertiary/aromatic N) is 1. The van der Waals surface area contributed by atoms with E-state index in [1.807, 2.05) is 23.1 Å². The number of carboxylic acid groups (broad SMARTS) is 1. The summed E-state index contributed by atoms with van der Waals surface area (Å²) in [5.41, 5.74) is 1.63. The fourth-order valence-electron chi connectivity index (χ4n) is 3.61. The van der Waals surface area contributed by atoms with Crippen molar-refractivity contribution in [3.8, 4) is 11.5 Å². The molecule has 1 fully saturated rings. The molecule has 1 atom stereocenters. The zero-order valence-electron chi connectivity index (χ0n) is 14.2. The van der Waals surface area contributed by atoms with Crippen LogP contribution in [0, 0.1) is 0 Å². The molecule has 1 amide bonds. The second-order valence-electron chi connectivity index (χ2n) is 6.41. The molecule has 1 N–H and O–H groups in total. The number of likely N-dealkylation sites (tertiary alicyclic amines) is 1. The Balaban J connectivity index is 1.63. The standard InChI is InChI=1S/C20H19NO5/c22-19(13-6-8-14(9-7-13)20(23)24)21-10-2-4-16(21)15-3-1-5-17-18(15)26-12-11-25-17/h1,3,5-9,16H,2,4,10-12H2,(H,23,24). The summed E-state index contributed by atoms with van der Waals surface area (Å²) in [5, 5.41) is 9.01. The number of carbonyl (C=O) groups is 2. The Kier molecular flexibility index (Phi) is 4.24. The number of ether oxygens (including phenoxy) is 2. The van der Waals surface area contributed by atoms with Crippen LogP contribution >= 0.6 is 0 Å². The van der Waals surface area contributed by atoms with E-state index in [0.29, 0.717) is 25.3 Å². The minimum atomic E-state index is -1.00. The van der Waals surface area contributed by atoms with Crippen LogP contribution in [0.3, 0.4) is 0 Å². The van der Waals surface area contributed by atoms with Crippen molar-refractivity contribution in [1.82, 2.24) is 4.90 Å². The number of benzene rings is 2. The van der Waals surface area contributed by atoms with Crippen LogP contribution in [0.1, 0.15) is 45.2 Å². The van der Waals surface area contributed by atoms with Crippen molar-refractivity contribution in [2.75, 3.05) is 19.8 Å². The molecule has 1 saturated heterocycles. The number of hydrogen-bond donors (Lipinski definition) is 1. The van der Waals surface area contributed by atoms with Crippen LogP contribution < -0.4 is 9.47 Å². The molecular weight excluding hydrogens is 334 g/mol. The Labute approximate surface area is 151 Å². The number of hydrogen-bond acceptors (Lipinski definition) is 4. The molecule has 0 bridgehead atoms. The Bertz CT molecular complexity index is 846. The quantitative estimate of drug-likeness (QED) is 0.917. The zero-order chi connectivity index (χ0) is 18.1. The summed E-state index contributed by atoms with van der Waals surface area (Å²) in [7, 11) is 0. The van der Waals surface area contributed by atoms with Gasteiger partial charge in [0.05, 0.1) is 11.6 Å². The number of carboxylic acids is 1. The van der Waals surface area contributed by atoms with Gasteiger partial charge in [-0.05, 0) is 43.2 Å². The summed E-state index contributed by atoms with van der Waals surface area (Å²) in [6.07, 6.45) is 1.77. The van der Waals surface area contributed by atoms with Crippen molar-refractivity contribution < 1.29 is 24.2 Å². The summed E-state index contributed by atoms with van der Waals surface area (Å²) >= 11 is 0. The molecule has 1 unspecified atom stereocenters. The molecule has 26 heavy (non-hydrogen) atoms. The van der Waals surface area contributed by atoms with Crippen molar-refractivity contribution in [2.45, 2.75) is 18.9 Å². The van der Waals surface area contributed by atoms with Crippen LogP contribution in [-0.4, -0.2) is 41.6 Å². The van der Waals surface area contributed by atoms with Crippen molar-refractivity contribution in [1.29, 1.82) is 0 Å². The van der Waals surface area contributed by atoms with Gasteiger partial charge < -0.3 is 19.5 Å². The fourth-order valence-corrected chi connectivity index (χ4v) is 3.61. The lowest BCUT2D eigenvalue weighted by Gasteiger charge is -2.29. The van der Waals surface area contributed by atoms with Gasteiger partial charge in [-0.15, -0.1) is 0 Å². The number of amides is 1. The van der Waals surface area contributed by atoms with Gasteiger partial charge in [-0.2, -0.15) is 0 Å². The zero-order valence-corrected chi connectivity index (χ0v) is 14.2. The highest BCUT2D eigenvalue weighted by molar-refractivity contribution is 5.96. The molecule has 2 aliphatic heterocycles. The second kappa shape index (κ2) is 6.71. The molecule has 134 valence electrons. The smallest absolute Gasteiger partial charge is 0.335 e. The van der Waals surface area contributed by atoms with Crippen LogP contribution in [0.4, 0.5) is 0 Å². The number of para-hydroxylation sites is 1. The van der Waals surface area contributed by atoms with Crippen LogP contribution in [0.5, 0.6) is 11.5 Å². The van der Waals surface area contributed by atoms with Gasteiger partial charge in [-0.25, -0.2) is 4.79 Å². The second-order valence-corrected chi connectivity index (χ2v) is 6.41. The number of fused-ring (bicyclic) bond motifs is 1. The van der Waals surface area contributed by atoms with Crippen molar-refractivity contribution in [3.05, 3.63) is 59.2 Å². The molecule has 4 rings (SSSR count). The van der Waals surface area contributed by atoms with Crippen molar-refractivity contribution >= 4 is 11.9 Å². The van der Waals surface area contributed by atoms with Gasteiger partial charge >= 0.3 is 5.97 Å². The first-order valence-corrected chi connectivity index (χ1v) is 8.68. The largest absolute Gasteiger partial charge is 0.486 e. The Hall–Kier alpha value is -3.02.